The van der Waals surface area contributed by atoms with Gasteiger partial charge in [0.15, 0.2) is 7.15 Å². The highest BCUT2D eigenvalue weighted by molar-refractivity contribution is 8.00. The van der Waals surface area contributed by atoms with Crippen molar-refractivity contribution in [2.24, 2.45) is 0 Å². The third-order valence-corrected chi connectivity index (χ3v) is 2.32. The zero-order valence-corrected chi connectivity index (χ0v) is 5.66. The Morgan fingerprint density at radius 3 is 2.14 bits per heavy atom. The molecule has 2 nitrogen and oxygen atoms in total. The van der Waals surface area contributed by atoms with Gasteiger partial charge in [-0.25, -0.2) is 0 Å². The van der Waals surface area contributed by atoms with E-state index in [1.165, 1.54) is 0 Å². The van der Waals surface area contributed by atoms with Crippen LogP contribution in [0.2, 0.25) is 0 Å². The molecule has 0 radical (unpaired) electrons. The zero-order valence-electron chi connectivity index (χ0n) is 3.85. The van der Waals surface area contributed by atoms with Crippen LogP contribution in [0.1, 0.15) is 6.42 Å². The van der Waals surface area contributed by atoms with Crippen molar-refractivity contribution < 1.29 is 9.05 Å². The van der Waals surface area contributed by atoms with E-state index in [0.29, 0.717) is 0 Å². The first-order valence-corrected chi connectivity index (χ1v) is 4.64. The van der Waals surface area contributed by atoms with E-state index in [-0.39, 0.29) is 0 Å². The van der Waals surface area contributed by atoms with Crippen molar-refractivity contribution in [1.82, 2.24) is 0 Å². The molecular weight excluding hydrogens is 131 g/mol. The molecule has 0 aromatic rings. The standard InChI is InChI=1S/C3H7O2PS/c7-6-4-2-1-3-5-6/h6H,1-3H2. The van der Waals surface area contributed by atoms with Crippen LogP contribution in [0, 0.1) is 0 Å². The van der Waals surface area contributed by atoms with E-state index >= 15 is 0 Å². The van der Waals surface area contributed by atoms with Gasteiger partial charge in [-0.2, -0.15) is 0 Å². The van der Waals surface area contributed by atoms with Crippen LogP contribution < -0.4 is 0 Å². The fraction of sp³-hybridized carbons (Fsp3) is 1.00. The van der Waals surface area contributed by atoms with Crippen molar-refractivity contribution in [1.29, 1.82) is 0 Å². The predicted molar refractivity (Wildman–Crippen MR) is 32.2 cm³/mol. The van der Waals surface area contributed by atoms with Gasteiger partial charge in [-0.3, -0.25) is 0 Å². The van der Waals surface area contributed by atoms with Crippen molar-refractivity contribution in [3.8, 4) is 0 Å². The van der Waals surface area contributed by atoms with Crippen molar-refractivity contribution in [3.05, 3.63) is 0 Å². The predicted octanol–water partition coefficient (Wildman–Crippen LogP) is 0.929. The van der Waals surface area contributed by atoms with Crippen LogP contribution in [0.4, 0.5) is 0 Å². The minimum Gasteiger partial charge on any atom is -0.331 e. The second-order valence-electron chi connectivity index (χ2n) is 1.30. The Balaban J connectivity index is 2.25. The molecule has 0 aromatic heterocycles. The van der Waals surface area contributed by atoms with Crippen LogP contribution in [-0.4, -0.2) is 13.2 Å². The minimum absolute atomic E-state index is 0.803. The lowest BCUT2D eigenvalue weighted by molar-refractivity contribution is 0.195. The lowest BCUT2D eigenvalue weighted by atomic mass is 10.5. The average Bonchev–Trinajstić information content (AvgIpc) is 1.69. The van der Waals surface area contributed by atoms with E-state index in [1.54, 1.807) is 0 Å². The van der Waals surface area contributed by atoms with Gasteiger partial charge in [-0.05, 0) is 18.2 Å². The van der Waals surface area contributed by atoms with Gasteiger partial charge < -0.3 is 9.05 Å². The molecule has 1 heterocycles. The first-order valence-electron chi connectivity index (χ1n) is 2.19. The maximum absolute atomic E-state index is 4.97. The van der Waals surface area contributed by atoms with Gasteiger partial charge in [0.1, 0.15) is 0 Å². The molecule has 7 heavy (non-hydrogen) atoms. The van der Waals surface area contributed by atoms with Crippen molar-refractivity contribution in [3.63, 3.8) is 0 Å². The molecule has 1 aliphatic heterocycles. The number of hydrogen-bond donors (Lipinski definition) is 0. The summed E-state index contributed by atoms with van der Waals surface area (Å²) in [4.78, 5) is 0. The third kappa shape index (κ3) is 1.87. The topological polar surface area (TPSA) is 18.5 Å². The van der Waals surface area contributed by atoms with E-state index in [9.17, 15) is 0 Å². The summed E-state index contributed by atoms with van der Waals surface area (Å²) < 4.78 is 9.94. The molecule has 4 heteroatoms. The van der Waals surface area contributed by atoms with Gasteiger partial charge in [0, 0.05) is 0 Å². The third-order valence-electron chi connectivity index (χ3n) is 0.729. The molecule has 0 bridgehead atoms. The van der Waals surface area contributed by atoms with Crippen LogP contribution >= 0.6 is 7.15 Å². The molecule has 0 aliphatic carbocycles. The lowest BCUT2D eigenvalue weighted by Crippen LogP contribution is -2.00. The van der Waals surface area contributed by atoms with Gasteiger partial charge in [-0.1, -0.05) is 0 Å². The highest BCUT2D eigenvalue weighted by atomic mass is 32.4. The van der Waals surface area contributed by atoms with E-state index < -0.39 is 7.15 Å². The quantitative estimate of drug-likeness (QED) is 0.464. The normalized spacial score (nSPS) is 25.1. The summed E-state index contributed by atoms with van der Waals surface area (Å²) >= 11 is 4.75. The molecular formula is C3H7O2PS. The maximum Gasteiger partial charge on any atom is 0.176 e. The summed E-state index contributed by atoms with van der Waals surface area (Å²) in [5.41, 5.74) is 0. The fourth-order valence-corrected chi connectivity index (χ4v) is 1.62. The summed E-state index contributed by atoms with van der Waals surface area (Å²) in [7, 11) is -1.21. The Hall–Kier alpha value is 0.570. The summed E-state index contributed by atoms with van der Waals surface area (Å²) in [6, 6.07) is 0. The van der Waals surface area contributed by atoms with Crippen LogP contribution in [0.5, 0.6) is 0 Å². The fourth-order valence-electron chi connectivity index (χ4n) is 0.412. The summed E-state index contributed by atoms with van der Waals surface area (Å²) in [5, 5.41) is 0. The van der Waals surface area contributed by atoms with Crippen molar-refractivity contribution in [2.75, 3.05) is 13.2 Å². The largest absolute Gasteiger partial charge is 0.331 e. The molecule has 0 amide bonds. The van der Waals surface area contributed by atoms with Gasteiger partial charge >= 0.3 is 0 Å². The Morgan fingerprint density at radius 1 is 1.29 bits per heavy atom. The second-order valence-corrected chi connectivity index (χ2v) is 3.38. The van der Waals surface area contributed by atoms with Gasteiger partial charge in [-0.15, -0.1) is 0 Å². The van der Waals surface area contributed by atoms with Crippen LogP contribution in [-0.2, 0) is 20.9 Å². The Morgan fingerprint density at radius 2 is 1.86 bits per heavy atom. The average molecular weight is 138 g/mol. The van der Waals surface area contributed by atoms with Gasteiger partial charge in [0.2, 0.25) is 0 Å². The molecule has 1 fully saturated rings. The first kappa shape index (κ1) is 5.70. The van der Waals surface area contributed by atoms with Crippen LogP contribution in [0.3, 0.4) is 0 Å². The molecule has 0 aromatic carbocycles. The number of hydrogen-bond acceptors (Lipinski definition) is 3. The van der Waals surface area contributed by atoms with Gasteiger partial charge in [0.05, 0.1) is 13.2 Å². The highest BCUT2D eigenvalue weighted by Crippen LogP contribution is 2.27. The Bertz CT molecular complexity index is 77.0. The lowest BCUT2D eigenvalue weighted by Gasteiger charge is -2.12. The van der Waals surface area contributed by atoms with Gasteiger partial charge in [0.25, 0.3) is 0 Å². The van der Waals surface area contributed by atoms with Crippen molar-refractivity contribution in [2.45, 2.75) is 6.42 Å². The van der Waals surface area contributed by atoms with Crippen LogP contribution in [0.15, 0.2) is 0 Å². The maximum atomic E-state index is 4.97. The van der Waals surface area contributed by atoms with E-state index in [0.717, 1.165) is 19.6 Å². The molecule has 0 spiro atoms. The van der Waals surface area contributed by atoms with E-state index in [1.807, 2.05) is 0 Å². The number of rotatable bonds is 0. The SMILES string of the molecule is S=[PH]1OCCCO1. The summed E-state index contributed by atoms with van der Waals surface area (Å²) in [6.07, 6.45) is 1.00. The van der Waals surface area contributed by atoms with E-state index in [4.69, 9.17) is 20.9 Å². The molecule has 42 valence electrons. The second kappa shape index (κ2) is 2.78. The highest BCUT2D eigenvalue weighted by Gasteiger charge is 2.00. The Labute approximate surface area is 48.4 Å². The monoisotopic (exact) mass is 138 g/mol. The molecule has 1 rings (SSSR count). The minimum atomic E-state index is -1.21. The van der Waals surface area contributed by atoms with Crippen LogP contribution in [0.25, 0.3) is 0 Å². The molecule has 1 saturated heterocycles. The smallest absolute Gasteiger partial charge is 0.176 e. The zero-order chi connectivity index (χ0) is 5.11. The van der Waals surface area contributed by atoms with E-state index in [2.05, 4.69) is 0 Å². The summed E-state index contributed by atoms with van der Waals surface area (Å²) in [5.74, 6) is 0. The first-order chi connectivity index (χ1) is 3.39. The summed E-state index contributed by atoms with van der Waals surface area (Å²) in [6.45, 7) is 1.61. The molecule has 0 N–H and O–H groups in total. The molecule has 1 aliphatic rings. The molecule has 0 atom stereocenters. The molecule has 0 saturated carbocycles. The Kier molecular flexibility index (Phi) is 2.26. The molecule has 0 unspecified atom stereocenters. The van der Waals surface area contributed by atoms with Crippen molar-refractivity contribution >= 4 is 19.0 Å².